The van der Waals surface area contributed by atoms with Crippen LogP contribution in [0.3, 0.4) is 0 Å². The van der Waals surface area contributed by atoms with Gasteiger partial charge in [-0.05, 0) is 85.0 Å². The van der Waals surface area contributed by atoms with Crippen molar-refractivity contribution >= 4 is 78.9 Å². The summed E-state index contributed by atoms with van der Waals surface area (Å²) in [6.45, 7) is 3.16. The first-order valence-corrected chi connectivity index (χ1v) is 19.8. The first kappa shape index (κ1) is 40.5. The number of terminal acetylenes is 1. The van der Waals surface area contributed by atoms with Crippen molar-refractivity contribution in [3.63, 3.8) is 0 Å². The zero-order valence-electron chi connectivity index (χ0n) is 30.4. The molecular formula is C42H33IN8O4S2. The number of amides is 2. The van der Waals surface area contributed by atoms with Crippen molar-refractivity contribution in [1.82, 2.24) is 29.5 Å². The fourth-order valence-electron chi connectivity index (χ4n) is 5.45. The van der Waals surface area contributed by atoms with Crippen molar-refractivity contribution in [1.29, 1.82) is 0 Å². The summed E-state index contributed by atoms with van der Waals surface area (Å²) in [6.07, 6.45) is 8.32. The van der Waals surface area contributed by atoms with Gasteiger partial charge in [0.1, 0.15) is 10.0 Å². The van der Waals surface area contributed by atoms with Gasteiger partial charge in [0.25, 0.3) is 11.8 Å². The molecule has 0 saturated carbocycles. The maximum Gasteiger partial charge on any atom is 0.269 e. The summed E-state index contributed by atoms with van der Waals surface area (Å²) in [5, 5.41) is 34.8. The lowest BCUT2D eigenvalue weighted by Gasteiger charge is -2.12. The highest BCUT2D eigenvalue weighted by Gasteiger charge is 2.23. The molecule has 0 aliphatic carbocycles. The molecule has 12 nitrogen and oxygen atoms in total. The number of aromatic nitrogens is 6. The second-order valence-corrected chi connectivity index (χ2v) is 15.6. The maximum atomic E-state index is 11.7. The van der Waals surface area contributed by atoms with Gasteiger partial charge in [0, 0.05) is 43.1 Å². The van der Waals surface area contributed by atoms with Crippen molar-refractivity contribution < 1.29 is 19.8 Å². The summed E-state index contributed by atoms with van der Waals surface area (Å²) in [5.74, 6) is 7.02. The van der Waals surface area contributed by atoms with E-state index in [4.69, 9.17) is 17.9 Å². The van der Waals surface area contributed by atoms with Crippen LogP contribution in [-0.2, 0) is 11.2 Å². The van der Waals surface area contributed by atoms with E-state index in [0.29, 0.717) is 26.7 Å². The van der Waals surface area contributed by atoms with E-state index in [1.54, 1.807) is 46.4 Å². The van der Waals surface area contributed by atoms with Gasteiger partial charge in [0.15, 0.2) is 22.6 Å². The van der Waals surface area contributed by atoms with Gasteiger partial charge in [-0.15, -0.1) is 29.1 Å². The van der Waals surface area contributed by atoms with E-state index in [-0.39, 0.29) is 5.69 Å². The Morgan fingerprint density at radius 1 is 0.719 bits per heavy atom. The number of aliphatic hydroxyl groups is 2. The second kappa shape index (κ2) is 17.3. The van der Waals surface area contributed by atoms with Gasteiger partial charge in [-0.1, -0.05) is 66.3 Å². The molecule has 0 aliphatic rings. The average molecular weight is 905 g/mol. The number of nitrogens with zero attached hydrogens (tertiary/aromatic N) is 6. The van der Waals surface area contributed by atoms with E-state index in [2.05, 4.69) is 60.5 Å². The van der Waals surface area contributed by atoms with Crippen LogP contribution in [0.4, 0.5) is 0 Å². The molecule has 284 valence electrons. The van der Waals surface area contributed by atoms with Gasteiger partial charge < -0.3 is 21.7 Å². The quantitative estimate of drug-likeness (QED) is 0.107. The van der Waals surface area contributed by atoms with E-state index >= 15 is 0 Å². The zero-order chi connectivity index (χ0) is 40.7. The highest BCUT2D eigenvalue weighted by Crippen LogP contribution is 2.25. The third-order valence-electron chi connectivity index (χ3n) is 8.21. The summed E-state index contributed by atoms with van der Waals surface area (Å²) >= 11 is 4.94. The Bertz CT molecular complexity index is 2810. The minimum Gasteiger partial charge on any atom is -0.371 e. The molecule has 4 aromatic carbocycles. The number of benzene rings is 4. The fraction of sp³-hybridized carbons (Fsp3) is 0.0952. The van der Waals surface area contributed by atoms with Crippen LogP contribution in [-0.4, -0.2) is 51.6 Å². The van der Waals surface area contributed by atoms with Gasteiger partial charge in [0.05, 0.1) is 22.4 Å². The Morgan fingerprint density at radius 2 is 1.21 bits per heavy atom. The summed E-state index contributed by atoms with van der Waals surface area (Å²) in [4.78, 5) is 31.2. The molecule has 6 N–H and O–H groups in total. The van der Waals surface area contributed by atoms with E-state index in [0.717, 1.165) is 31.4 Å². The normalized spacial score (nSPS) is 12.7. The standard InChI is InChI=1S/C21H16N4O2S.C14H10IN3O.C7H7NOS/c1-21(27,20-23-11-12-28-20)10-9-14-5-4-6-15(13-14)25-17-8-3-2-7-16(17)18(24-25)19(22)26;15-9-4-3-5-10(8-9)18-12-7-2-1-6-11(12)13(17-18)14(16)19;1-3-7(2,9)6-8-4-5-10-6/h2-8,11-13,27H,1H3,(H2,22,26);1-8H,(H2,16,19);1,4-5,9H,2H3/t21-;;7-/m0.0/s1. The van der Waals surface area contributed by atoms with Crippen LogP contribution < -0.4 is 11.5 Å². The first-order chi connectivity index (χ1) is 27.3. The zero-order valence-corrected chi connectivity index (χ0v) is 34.2. The smallest absolute Gasteiger partial charge is 0.269 e. The summed E-state index contributed by atoms with van der Waals surface area (Å²) in [7, 11) is 0. The summed E-state index contributed by atoms with van der Waals surface area (Å²) in [6, 6.07) is 30.3. The van der Waals surface area contributed by atoms with E-state index in [9.17, 15) is 19.8 Å². The monoisotopic (exact) mass is 904 g/mol. The number of thiazole rings is 2. The maximum absolute atomic E-state index is 11.7. The van der Waals surface area contributed by atoms with Crippen molar-refractivity contribution in [2.75, 3.05) is 0 Å². The number of hydrogen-bond acceptors (Lipinski definition) is 10. The lowest BCUT2D eigenvalue weighted by atomic mass is 10.1. The second-order valence-electron chi connectivity index (χ2n) is 12.5. The molecule has 57 heavy (non-hydrogen) atoms. The topological polar surface area (TPSA) is 188 Å². The van der Waals surface area contributed by atoms with E-state index < -0.39 is 23.0 Å². The van der Waals surface area contributed by atoms with Gasteiger partial charge in [-0.3, -0.25) is 9.59 Å². The Kier molecular flexibility index (Phi) is 12.3. The highest BCUT2D eigenvalue weighted by molar-refractivity contribution is 14.1. The minimum absolute atomic E-state index is 0.221. The molecule has 0 radical (unpaired) electrons. The molecule has 15 heteroatoms. The lowest BCUT2D eigenvalue weighted by Crippen LogP contribution is -2.17. The number of halogens is 1. The molecule has 0 fully saturated rings. The Hall–Kier alpha value is -6.21. The number of fused-ring (bicyclic) bond motifs is 2. The molecule has 0 bridgehead atoms. The van der Waals surface area contributed by atoms with Crippen molar-refractivity contribution in [2.24, 2.45) is 11.5 Å². The summed E-state index contributed by atoms with van der Waals surface area (Å²) < 4.78 is 4.52. The van der Waals surface area contributed by atoms with Crippen LogP contribution in [0, 0.1) is 27.8 Å². The van der Waals surface area contributed by atoms with Crippen LogP contribution in [0.1, 0.15) is 50.4 Å². The predicted molar refractivity (Wildman–Crippen MR) is 231 cm³/mol. The number of carbonyl (C=O) groups is 2. The predicted octanol–water partition coefficient (Wildman–Crippen LogP) is 6.55. The van der Waals surface area contributed by atoms with Gasteiger partial charge in [0.2, 0.25) is 0 Å². The number of rotatable bonds is 6. The van der Waals surface area contributed by atoms with Crippen LogP contribution in [0.25, 0.3) is 33.2 Å². The average Bonchev–Trinajstić information content (AvgIpc) is 4.04. The van der Waals surface area contributed by atoms with Crippen molar-refractivity contribution in [3.05, 3.63) is 151 Å². The fourth-order valence-corrected chi connectivity index (χ4v) is 7.29. The third-order valence-corrected chi connectivity index (χ3v) is 10.9. The van der Waals surface area contributed by atoms with Gasteiger partial charge in [-0.2, -0.15) is 10.2 Å². The highest BCUT2D eigenvalue weighted by atomic mass is 127. The molecule has 0 saturated heterocycles. The molecular weight excluding hydrogens is 872 g/mol. The molecule has 8 rings (SSSR count). The van der Waals surface area contributed by atoms with Crippen LogP contribution >= 0.6 is 45.3 Å². The molecule has 0 unspecified atom stereocenters. The van der Waals surface area contributed by atoms with Crippen LogP contribution in [0.15, 0.2) is 120 Å². The molecule has 0 aliphatic heterocycles. The Morgan fingerprint density at radius 3 is 1.68 bits per heavy atom. The number of nitrogens with two attached hydrogens (primary N) is 2. The lowest BCUT2D eigenvalue weighted by molar-refractivity contribution is 0.0988. The molecule has 4 heterocycles. The third kappa shape index (κ3) is 9.26. The Balaban J connectivity index is 0.000000162. The minimum atomic E-state index is -1.33. The van der Waals surface area contributed by atoms with Crippen LogP contribution in [0.5, 0.6) is 0 Å². The van der Waals surface area contributed by atoms with E-state index in [1.807, 2.05) is 97.1 Å². The number of hydrogen-bond donors (Lipinski definition) is 4. The molecule has 4 aromatic heterocycles. The van der Waals surface area contributed by atoms with Crippen molar-refractivity contribution in [2.45, 2.75) is 25.0 Å². The number of primary amides is 2. The molecule has 8 aromatic rings. The largest absolute Gasteiger partial charge is 0.371 e. The SMILES string of the molecule is C#C[C@](C)(O)c1nccs1.C[C@](O)(C#Cc1cccc(-n2nc(C(N)=O)c3ccccc32)c1)c1nccs1.NC(=O)c1nn(-c2cccc(I)c2)c2ccccc12. The molecule has 2 amide bonds. The van der Waals surface area contributed by atoms with Gasteiger partial charge in [-0.25, -0.2) is 19.3 Å². The molecule has 0 spiro atoms. The van der Waals surface area contributed by atoms with Gasteiger partial charge >= 0.3 is 0 Å². The number of carbonyl (C=O) groups excluding carboxylic acids is 2. The summed E-state index contributed by atoms with van der Waals surface area (Å²) in [5.41, 5.74) is 12.9. The Labute approximate surface area is 349 Å². The van der Waals surface area contributed by atoms with Crippen molar-refractivity contribution in [3.8, 4) is 35.6 Å². The van der Waals surface area contributed by atoms with Crippen LogP contribution in [0.2, 0.25) is 0 Å². The molecule has 2 atom stereocenters. The number of para-hydroxylation sites is 2. The first-order valence-electron chi connectivity index (χ1n) is 17.0. The van der Waals surface area contributed by atoms with E-state index in [1.165, 1.54) is 22.7 Å².